The average Bonchev–Trinajstić information content (AvgIpc) is 3.33. The van der Waals surface area contributed by atoms with E-state index in [1.807, 2.05) is 54.2 Å². The summed E-state index contributed by atoms with van der Waals surface area (Å²) < 4.78 is 1.96. The quantitative estimate of drug-likeness (QED) is 0.286. The van der Waals surface area contributed by atoms with Crippen LogP contribution in [0.1, 0.15) is 16.0 Å². The van der Waals surface area contributed by atoms with Gasteiger partial charge in [0.05, 0.1) is 0 Å². The number of nitriles is 1. The van der Waals surface area contributed by atoms with E-state index in [2.05, 4.69) is 10.3 Å². The van der Waals surface area contributed by atoms with Crippen molar-refractivity contribution in [3.05, 3.63) is 86.5 Å². The van der Waals surface area contributed by atoms with E-state index in [4.69, 9.17) is 23.2 Å². The molecule has 5 nitrogen and oxygen atoms in total. The summed E-state index contributed by atoms with van der Waals surface area (Å²) >= 11 is 13.6. The Balaban J connectivity index is 1.53. The van der Waals surface area contributed by atoms with Crippen LogP contribution in [-0.2, 0) is 18.3 Å². The fourth-order valence-corrected chi connectivity index (χ4v) is 4.48. The van der Waals surface area contributed by atoms with Crippen molar-refractivity contribution in [3.8, 4) is 6.07 Å². The van der Waals surface area contributed by atoms with Gasteiger partial charge in [0.15, 0.2) is 5.13 Å². The first-order valence-electron chi connectivity index (χ1n) is 9.30. The van der Waals surface area contributed by atoms with Gasteiger partial charge in [0, 0.05) is 57.3 Å². The van der Waals surface area contributed by atoms with E-state index in [-0.39, 0.29) is 5.57 Å². The van der Waals surface area contributed by atoms with Crippen LogP contribution in [0.15, 0.2) is 60.4 Å². The lowest BCUT2D eigenvalue weighted by atomic mass is 10.1. The Morgan fingerprint density at radius 1 is 1.29 bits per heavy atom. The fraction of sp³-hybridized carbons (Fsp3) is 0.0870. The van der Waals surface area contributed by atoms with Gasteiger partial charge >= 0.3 is 0 Å². The Morgan fingerprint density at radius 3 is 2.90 bits per heavy atom. The molecule has 0 fully saturated rings. The topological polar surface area (TPSA) is 70.7 Å². The largest absolute Gasteiger partial charge is 0.350 e. The third-order valence-corrected chi connectivity index (χ3v) is 6.26. The summed E-state index contributed by atoms with van der Waals surface area (Å²) in [5, 5.41) is 14.9. The number of halogens is 2. The first kappa shape index (κ1) is 21.1. The number of amides is 1. The lowest BCUT2D eigenvalue weighted by Crippen LogP contribution is -2.13. The second kappa shape index (κ2) is 8.94. The van der Waals surface area contributed by atoms with Crippen LogP contribution in [-0.4, -0.2) is 15.5 Å². The van der Waals surface area contributed by atoms with Gasteiger partial charge in [0.1, 0.15) is 11.6 Å². The maximum absolute atomic E-state index is 12.7. The normalized spacial score (nSPS) is 11.5. The summed E-state index contributed by atoms with van der Waals surface area (Å²) in [7, 11) is 1.93. The molecule has 1 amide bonds. The molecule has 0 aliphatic heterocycles. The summed E-state index contributed by atoms with van der Waals surface area (Å²) in [4.78, 5) is 17.8. The highest BCUT2D eigenvalue weighted by Crippen LogP contribution is 2.27. The first-order valence-corrected chi connectivity index (χ1v) is 10.9. The van der Waals surface area contributed by atoms with Crippen molar-refractivity contribution in [1.29, 1.82) is 5.26 Å². The zero-order chi connectivity index (χ0) is 22.0. The standard InChI is InChI=1S/C23H16Cl2N4OS/c1-29-13-16(19-4-2-3-5-21(19)29)8-15(11-26)22(30)28-23-27-12-18(31-23)10-14-9-17(24)6-7-20(14)25/h2-9,12-13H,10H2,1H3,(H,27,28,30)/b15-8+. The molecule has 8 heteroatoms. The van der Waals surface area contributed by atoms with Gasteiger partial charge in [-0.1, -0.05) is 41.4 Å². The van der Waals surface area contributed by atoms with Gasteiger partial charge in [-0.15, -0.1) is 11.3 Å². The molecular weight excluding hydrogens is 451 g/mol. The number of hydrogen-bond donors (Lipinski definition) is 1. The smallest absolute Gasteiger partial charge is 0.268 e. The molecule has 0 aliphatic carbocycles. The molecule has 4 aromatic rings. The monoisotopic (exact) mass is 466 g/mol. The van der Waals surface area contributed by atoms with Crippen LogP contribution in [0.3, 0.4) is 0 Å². The maximum atomic E-state index is 12.7. The van der Waals surface area contributed by atoms with Crippen LogP contribution in [0.4, 0.5) is 5.13 Å². The van der Waals surface area contributed by atoms with Crippen molar-refractivity contribution in [2.45, 2.75) is 6.42 Å². The zero-order valence-electron chi connectivity index (χ0n) is 16.4. The summed E-state index contributed by atoms with van der Waals surface area (Å²) in [5.41, 5.74) is 2.71. The molecule has 154 valence electrons. The van der Waals surface area contributed by atoms with Gasteiger partial charge in [0.25, 0.3) is 5.91 Å². The van der Waals surface area contributed by atoms with Crippen molar-refractivity contribution in [3.63, 3.8) is 0 Å². The molecule has 2 aromatic carbocycles. The minimum Gasteiger partial charge on any atom is -0.350 e. The number of aromatic nitrogens is 2. The number of para-hydroxylation sites is 1. The zero-order valence-corrected chi connectivity index (χ0v) is 18.7. The number of carbonyl (C=O) groups is 1. The summed E-state index contributed by atoms with van der Waals surface area (Å²) in [6.45, 7) is 0. The van der Waals surface area contributed by atoms with E-state index < -0.39 is 5.91 Å². The molecule has 0 unspecified atom stereocenters. The number of hydrogen-bond acceptors (Lipinski definition) is 4. The van der Waals surface area contributed by atoms with Crippen LogP contribution in [0.2, 0.25) is 10.0 Å². The van der Waals surface area contributed by atoms with Crippen LogP contribution < -0.4 is 5.32 Å². The van der Waals surface area contributed by atoms with Gasteiger partial charge in [-0.05, 0) is 35.9 Å². The molecule has 0 spiro atoms. The third kappa shape index (κ3) is 4.64. The molecule has 2 heterocycles. The highest BCUT2D eigenvalue weighted by atomic mass is 35.5. The summed E-state index contributed by atoms with van der Waals surface area (Å²) in [6, 6.07) is 15.1. The van der Waals surface area contributed by atoms with Gasteiger partial charge in [-0.3, -0.25) is 10.1 Å². The molecule has 2 aromatic heterocycles. The number of benzene rings is 2. The minimum absolute atomic E-state index is 0.00555. The highest BCUT2D eigenvalue weighted by molar-refractivity contribution is 7.15. The summed E-state index contributed by atoms with van der Waals surface area (Å²) in [6.07, 6.45) is 5.71. The SMILES string of the molecule is Cn1cc(/C=C(\C#N)C(=O)Nc2ncc(Cc3cc(Cl)ccc3Cl)s2)c2ccccc21. The molecule has 0 aliphatic rings. The number of carbonyl (C=O) groups excluding carboxylic acids is 1. The van der Waals surface area contributed by atoms with Gasteiger partial charge in [0.2, 0.25) is 0 Å². The molecule has 0 bridgehead atoms. The number of rotatable bonds is 5. The van der Waals surface area contributed by atoms with Crippen molar-refractivity contribution in [2.75, 3.05) is 5.32 Å². The lowest BCUT2D eigenvalue weighted by molar-refractivity contribution is -0.112. The Labute approximate surface area is 193 Å². The number of nitrogens with zero attached hydrogens (tertiary/aromatic N) is 3. The molecule has 31 heavy (non-hydrogen) atoms. The maximum Gasteiger partial charge on any atom is 0.268 e. The molecular formula is C23H16Cl2N4OS. The van der Waals surface area contributed by atoms with Gasteiger partial charge in [-0.25, -0.2) is 4.98 Å². The predicted molar refractivity (Wildman–Crippen MR) is 127 cm³/mol. The Kier molecular flexibility index (Phi) is 6.10. The van der Waals surface area contributed by atoms with Crippen molar-refractivity contribution in [2.24, 2.45) is 7.05 Å². The van der Waals surface area contributed by atoms with E-state index >= 15 is 0 Å². The Hall–Kier alpha value is -3.11. The number of aryl methyl sites for hydroxylation is 1. The van der Waals surface area contributed by atoms with Gasteiger partial charge < -0.3 is 4.57 Å². The second-order valence-corrected chi connectivity index (χ2v) is 8.84. The number of nitrogens with one attached hydrogen (secondary N) is 1. The molecule has 0 atom stereocenters. The fourth-order valence-electron chi connectivity index (χ4n) is 3.27. The average molecular weight is 467 g/mol. The Bertz CT molecular complexity index is 1360. The second-order valence-electron chi connectivity index (χ2n) is 6.88. The van der Waals surface area contributed by atoms with E-state index in [0.717, 1.165) is 26.9 Å². The van der Waals surface area contributed by atoms with Crippen LogP contribution in [0, 0.1) is 11.3 Å². The minimum atomic E-state index is -0.503. The molecule has 0 saturated carbocycles. The van der Waals surface area contributed by atoms with Crippen molar-refractivity contribution in [1.82, 2.24) is 9.55 Å². The van der Waals surface area contributed by atoms with Crippen molar-refractivity contribution < 1.29 is 4.79 Å². The third-order valence-electron chi connectivity index (χ3n) is 4.74. The van der Waals surface area contributed by atoms with Crippen LogP contribution >= 0.6 is 34.5 Å². The van der Waals surface area contributed by atoms with Crippen LogP contribution in [0.25, 0.3) is 17.0 Å². The van der Waals surface area contributed by atoms with Crippen molar-refractivity contribution >= 4 is 62.6 Å². The van der Waals surface area contributed by atoms with E-state index in [0.29, 0.717) is 21.6 Å². The number of anilines is 1. The molecule has 1 N–H and O–H groups in total. The predicted octanol–water partition coefficient (Wildman–Crippen LogP) is 6.08. The van der Waals surface area contributed by atoms with E-state index in [9.17, 15) is 10.1 Å². The van der Waals surface area contributed by atoms with Crippen LogP contribution in [0.5, 0.6) is 0 Å². The number of fused-ring (bicyclic) bond motifs is 1. The highest BCUT2D eigenvalue weighted by Gasteiger charge is 2.14. The molecule has 0 radical (unpaired) electrons. The number of thiazole rings is 1. The van der Waals surface area contributed by atoms with E-state index in [1.54, 1.807) is 24.4 Å². The van der Waals surface area contributed by atoms with E-state index in [1.165, 1.54) is 11.3 Å². The Morgan fingerprint density at radius 2 is 2.10 bits per heavy atom. The molecule has 4 rings (SSSR count). The lowest BCUT2D eigenvalue weighted by Gasteiger charge is -2.02. The van der Waals surface area contributed by atoms with Gasteiger partial charge in [-0.2, -0.15) is 5.26 Å². The summed E-state index contributed by atoms with van der Waals surface area (Å²) in [5.74, 6) is -0.503. The molecule has 0 saturated heterocycles. The first-order chi connectivity index (χ1) is 14.9.